The van der Waals surface area contributed by atoms with E-state index in [4.69, 9.17) is 11.5 Å². The molecule has 1 aliphatic heterocycles. The summed E-state index contributed by atoms with van der Waals surface area (Å²) >= 11 is 3.09. The van der Waals surface area contributed by atoms with E-state index in [0.717, 1.165) is 26.8 Å². The van der Waals surface area contributed by atoms with E-state index < -0.39 is 18.3 Å². The van der Waals surface area contributed by atoms with Gasteiger partial charge in [0.2, 0.25) is 5.91 Å². The molecule has 1 aliphatic rings. The van der Waals surface area contributed by atoms with Crippen molar-refractivity contribution >= 4 is 34.7 Å². The number of hydrogen-bond donors (Lipinski definition) is 6. The molecule has 0 bridgehead atoms. The summed E-state index contributed by atoms with van der Waals surface area (Å²) in [6.45, 7) is 8.59. The predicted molar refractivity (Wildman–Crippen MR) is 141 cm³/mol. The summed E-state index contributed by atoms with van der Waals surface area (Å²) in [6, 6.07) is 8.41. The highest BCUT2D eigenvalue weighted by atomic mass is 32.2. The van der Waals surface area contributed by atoms with Crippen LogP contribution in [0.15, 0.2) is 47.9 Å². The van der Waals surface area contributed by atoms with Gasteiger partial charge in [-0.25, -0.2) is 4.98 Å². The largest absolute Gasteiger partial charge is 0.377 e. The number of nitrogens with zero attached hydrogens (tertiary/aromatic N) is 1. The summed E-state index contributed by atoms with van der Waals surface area (Å²) in [5.74, 6) is -0.289. The van der Waals surface area contributed by atoms with Crippen molar-refractivity contribution in [3.05, 3.63) is 69.0 Å². The number of hydrogen-bond acceptors (Lipinski definition) is 9. The third kappa shape index (κ3) is 7.14. The van der Waals surface area contributed by atoms with Crippen LogP contribution in [-0.2, 0) is 11.2 Å². The molecular formula is C24H34N6O2S2. The van der Waals surface area contributed by atoms with Gasteiger partial charge in [0.25, 0.3) is 0 Å². The highest BCUT2D eigenvalue weighted by Crippen LogP contribution is 2.31. The Labute approximate surface area is 209 Å². The zero-order chi connectivity index (χ0) is 24.7. The highest BCUT2D eigenvalue weighted by Gasteiger charge is 2.30. The molecule has 8 N–H and O–H groups in total. The Morgan fingerprint density at radius 1 is 1.32 bits per heavy atom. The molecule has 0 saturated heterocycles. The van der Waals surface area contributed by atoms with Crippen molar-refractivity contribution in [1.29, 1.82) is 0 Å². The molecule has 1 amide bonds. The number of carbonyl (C=O) groups excluding carboxylic acids is 1. The first-order valence-electron chi connectivity index (χ1n) is 11.3. The minimum Gasteiger partial charge on any atom is -0.377 e. The van der Waals surface area contributed by atoms with Gasteiger partial charge in [0.15, 0.2) is 5.50 Å². The minimum absolute atomic E-state index is 0.289. The van der Waals surface area contributed by atoms with Crippen LogP contribution in [0.4, 0.5) is 0 Å². The Bertz CT molecular complexity index is 1010. The number of aliphatic hydroxyl groups is 1. The highest BCUT2D eigenvalue weighted by molar-refractivity contribution is 8.03. The van der Waals surface area contributed by atoms with Crippen LogP contribution < -0.4 is 27.4 Å². The fourth-order valence-corrected chi connectivity index (χ4v) is 5.48. The van der Waals surface area contributed by atoms with Crippen molar-refractivity contribution in [2.45, 2.75) is 56.9 Å². The van der Waals surface area contributed by atoms with Crippen molar-refractivity contribution in [3.8, 4) is 0 Å². The molecule has 2 unspecified atom stereocenters. The molecule has 1 aromatic heterocycles. The summed E-state index contributed by atoms with van der Waals surface area (Å²) in [6.07, 6.45) is 0.654. The first-order chi connectivity index (χ1) is 16.3. The SMILES string of the molecule is C=C(Cc1ccccc1)[C@@H](NC(O)[C@@H](N)CCCN)C(=O)NC1NC(c2sc(C)nc2C)=CS1. The molecule has 4 atom stereocenters. The molecule has 3 rings (SSSR count). The van der Waals surface area contributed by atoms with Crippen LogP contribution in [0.1, 0.15) is 34.0 Å². The zero-order valence-corrected chi connectivity index (χ0v) is 21.2. The number of rotatable bonds is 12. The lowest BCUT2D eigenvalue weighted by molar-refractivity contribution is -0.123. The second kappa shape index (κ2) is 12.5. The number of aryl methyl sites for hydroxylation is 2. The van der Waals surface area contributed by atoms with Crippen LogP contribution in [0, 0.1) is 13.8 Å². The van der Waals surface area contributed by atoms with E-state index in [1.54, 1.807) is 11.3 Å². The molecule has 0 fully saturated rings. The molecule has 34 heavy (non-hydrogen) atoms. The summed E-state index contributed by atoms with van der Waals surface area (Å²) in [5.41, 5.74) is 14.9. The number of aromatic nitrogens is 1. The van der Waals surface area contributed by atoms with Crippen LogP contribution in [-0.4, -0.2) is 46.4 Å². The third-order valence-corrected chi connectivity index (χ3v) is 7.44. The van der Waals surface area contributed by atoms with E-state index >= 15 is 0 Å². The van der Waals surface area contributed by atoms with Crippen LogP contribution in [0.25, 0.3) is 5.70 Å². The van der Waals surface area contributed by atoms with Gasteiger partial charge < -0.3 is 27.2 Å². The lowest BCUT2D eigenvalue weighted by atomic mass is 9.98. The van der Waals surface area contributed by atoms with E-state index in [-0.39, 0.29) is 11.4 Å². The number of aliphatic hydroxyl groups excluding tert-OH is 1. The first-order valence-corrected chi connectivity index (χ1v) is 13.0. The van der Waals surface area contributed by atoms with Gasteiger partial charge in [-0.05, 0) is 56.2 Å². The van der Waals surface area contributed by atoms with Gasteiger partial charge in [-0.2, -0.15) is 0 Å². The Morgan fingerprint density at radius 2 is 2.06 bits per heavy atom. The Hall–Kier alpha value is -2.21. The number of carbonyl (C=O) groups is 1. The predicted octanol–water partition coefficient (Wildman–Crippen LogP) is 1.94. The smallest absolute Gasteiger partial charge is 0.243 e. The molecule has 1 aromatic carbocycles. The van der Waals surface area contributed by atoms with E-state index in [0.29, 0.717) is 31.4 Å². The summed E-state index contributed by atoms with van der Waals surface area (Å²) in [5, 5.41) is 23.0. The number of nitrogens with two attached hydrogens (primary N) is 2. The Balaban J connectivity index is 1.67. The maximum absolute atomic E-state index is 13.3. The number of amides is 1. The van der Waals surface area contributed by atoms with Gasteiger partial charge in [-0.3, -0.25) is 10.1 Å². The monoisotopic (exact) mass is 502 g/mol. The third-order valence-electron chi connectivity index (χ3n) is 5.46. The molecule has 184 valence electrons. The van der Waals surface area contributed by atoms with E-state index in [1.165, 1.54) is 11.8 Å². The van der Waals surface area contributed by atoms with Crippen LogP contribution in [0.3, 0.4) is 0 Å². The molecule has 10 heteroatoms. The average molecular weight is 503 g/mol. The van der Waals surface area contributed by atoms with Crippen molar-refractivity contribution < 1.29 is 9.90 Å². The normalized spacial score (nSPS) is 18.0. The second-order valence-corrected chi connectivity index (χ2v) is 10.5. The van der Waals surface area contributed by atoms with E-state index in [9.17, 15) is 9.90 Å². The molecule has 2 heterocycles. The van der Waals surface area contributed by atoms with Gasteiger partial charge in [0.1, 0.15) is 12.3 Å². The molecule has 0 radical (unpaired) electrons. The van der Waals surface area contributed by atoms with Gasteiger partial charge in [0.05, 0.1) is 21.3 Å². The lowest BCUT2D eigenvalue weighted by Crippen LogP contribution is -2.56. The van der Waals surface area contributed by atoms with Crippen molar-refractivity contribution in [2.24, 2.45) is 11.5 Å². The topological polar surface area (TPSA) is 138 Å². The van der Waals surface area contributed by atoms with Gasteiger partial charge in [-0.15, -0.1) is 11.3 Å². The molecular weight excluding hydrogens is 468 g/mol. The fourth-order valence-electron chi connectivity index (χ4n) is 3.67. The van der Waals surface area contributed by atoms with E-state index in [1.807, 2.05) is 49.6 Å². The molecule has 2 aromatic rings. The van der Waals surface area contributed by atoms with Gasteiger partial charge in [-0.1, -0.05) is 48.7 Å². The van der Waals surface area contributed by atoms with Crippen molar-refractivity contribution in [3.63, 3.8) is 0 Å². The first kappa shape index (κ1) is 26.4. The quantitative estimate of drug-likeness (QED) is 0.191. The fraction of sp³-hybridized carbons (Fsp3) is 0.417. The Morgan fingerprint density at radius 3 is 2.71 bits per heavy atom. The number of thioether (sulfide) groups is 1. The van der Waals surface area contributed by atoms with E-state index in [2.05, 4.69) is 27.5 Å². The standard InChI is InChI=1S/C24H34N6O2S2/c1-14(12-17-8-5-4-6-9-17)20(29-22(31)18(26)10-7-11-25)23(32)30-24-28-19(13-33-24)21-15(2)27-16(3)34-21/h4-6,8-9,13,18,20,22,24,28-29,31H,1,7,10-12,25-26H2,2-3H3,(H,30,32)/t18-,20+,22?,24?/m0/s1. The molecule has 0 aliphatic carbocycles. The Kier molecular flexibility index (Phi) is 9.69. The summed E-state index contributed by atoms with van der Waals surface area (Å²) in [7, 11) is 0. The summed E-state index contributed by atoms with van der Waals surface area (Å²) in [4.78, 5) is 18.9. The zero-order valence-electron chi connectivity index (χ0n) is 19.6. The maximum Gasteiger partial charge on any atom is 0.243 e. The van der Waals surface area contributed by atoms with Crippen LogP contribution >= 0.6 is 23.1 Å². The second-order valence-electron chi connectivity index (χ2n) is 8.31. The van der Waals surface area contributed by atoms with Crippen molar-refractivity contribution in [1.82, 2.24) is 20.9 Å². The number of benzene rings is 1. The molecule has 0 spiro atoms. The summed E-state index contributed by atoms with van der Waals surface area (Å²) < 4.78 is 0. The van der Waals surface area contributed by atoms with Crippen LogP contribution in [0.2, 0.25) is 0 Å². The minimum atomic E-state index is -1.07. The number of nitrogens with one attached hydrogen (secondary N) is 3. The lowest BCUT2D eigenvalue weighted by Gasteiger charge is -2.28. The number of thiazole rings is 1. The van der Waals surface area contributed by atoms with Gasteiger partial charge in [0, 0.05) is 6.04 Å². The van der Waals surface area contributed by atoms with Crippen LogP contribution in [0.5, 0.6) is 0 Å². The average Bonchev–Trinajstić information content (AvgIpc) is 3.41. The van der Waals surface area contributed by atoms with Crippen molar-refractivity contribution in [2.75, 3.05) is 6.54 Å². The molecule has 8 nitrogen and oxygen atoms in total. The van der Waals surface area contributed by atoms with Gasteiger partial charge >= 0.3 is 0 Å². The maximum atomic E-state index is 13.3. The molecule has 0 saturated carbocycles.